The van der Waals surface area contributed by atoms with Gasteiger partial charge in [-0.1, -0.05) is 12.5 Å². The van der Waals surface area contributed by atoms with Crippen LogP contribution < -0.4 is 16.4 Å². The Morgan fingerprint density at radius 3 is 2.58 bits per heavy atom. The molecule has 0 radical (unpaired) electrons. The molecule has 5 rings (SSSR count). The lowest BCUT2D eigenvalue weighted by molar-refractivity contribution is -0.111. The Morgan fingerprint density at radius 1 is 1.08 bits per heavy atom. The van der Waals surface area contributed by atoms with Crippen molar-refractivity contribution in [1.82, 2.24) is 14.9 Å². The van der Waals surface area contributed by atoms with Crippen LogP contribution in [-0.2, 0) is 11.3 Å². The number of likely N-dealkylation sites (tertiary alicyclic amines) is 1. The number of anilines is 3. The molecule has 0 bridgehead atoms. The summed E-state index contributed by atoms with van der Waals surface area (Å²) in [5, 5.41) is 6.08. The summed E-state index contributed by atoms with van der Waals surface area (Å²) in [7, 11) is 0. The van der Waals surface area contributed by atoms with E-state index in [1.54, 1.807) is 24.3 Å². The largest absolute Gasteiger partial charge is 0.381 e. The zero-order chi connectivity index (χ0) is 25.2. The number of piperidine rings is 1. The van der Waals surface area contributed by atoms with E-state index in [1.807, 2.05) is 6.92 Å². The molecular weight excluding hydrogens is 462 g/mol. The molecule has 186 valence electrons. The van der Waals surface area contributed by atoms with Gasteiger partial charge < -0.3 is 16.4 Å². The van der Waals surface area contributed by atoms with Crippen LogP contribution in [0.15, 0.2) is 48.3 Å². The normalized spacial score (nSPS) is 15.9. The second kappa shape index (κ2) is 10.0. The molecule has 0 spiro atoms. The molecule has 4 N–H and O–H groups in total. The molecular formula is C27H28F2N6O. The fourth-order valence-electron chi connectivity index (χ4n) is 4.85. The lowest BCUT2D eigenvalue weighted by Gasteiger charge is -2.26. The van der Waals surface area contributed by atoms with Crippen LogP contribution in [0.3, 0.4) is 0 Å². The van der Waals surface area contributed by atoms with Crippen LogP contribution in [0.1, 0.15) is 37.3 Å². The van der Waals surface area contributed by atoms with Gasteiger partial charge in [0.25, 0.3) is 5.91 Å². The molecule has 2 aliphatic rings. The molecule has 1 amide bonds. The Morgan fingerprint density at radius 2 is 1.83 bits per heavy atom. The van der Waals surface area contributed by atoms with Crippen LogP contribution in [-0.4, -0.2) is 40.4 Å². The quantitative estimate of drug-likeness (QED) is 0.474. The number of nitrogens with two attached hydrogens (primary N) is 1. The summed E-state index contributed by atoms with van der Waals surface area (Å²) < 4.78 is 29.7. The number of aromatic nitrogens is 2. The van der Waals surface area contributed by atoms with Crippen molar-refractivity contribution in [3.8, 4) is 11.1 Å². The number of benzene rings is 2. The van der Waals surface area contributed by atoms with E-state index >= 15 is 4.39 Å². The number of carbonyl (C=O) groups excluding carboxylic acids is 1. The van der Waals surface area contributed by atoms with Crippen molar-refractivity contribution in [3.05, 3.63) is 71.1 Å². The van der Waals surface area contributed by atoms with Crippen molar-refractivity contribution in [2.45, 2.75) is 32.7 Å². The Kier molecular flexibility index (Phi) is 6.65. The number of nitrogens with zero attached hydrogens (tertiary/aromatic N) is 3. The van der Waals surface area contributed by atoms with Crippen molar-refractivity contribution in [2.24, 2.45) is 0 Å². The van der Waals surface area contributed by atoms with Gasteiger partial charge in [-0.15, -0.1) is 0 Å². The van der Waals surface area contributed by atoms with Gasteiger partial charge in [-0.25, -0.2) is 18.7 Å². The predicted octanol–water partition coefficient (Wildman–Crippen LogP) is 4.83. The fraction of sp³-hybridized carbons (Fsp3) is 0.296. The third-order valence-corrected chi connectivity index (χ3v) is 6.67. The van der Waals surface area contributed by atoms with Gasteiger partial charge in [0.2, 0.25) is 5.95 Å². The van der Waals surface area contributed by atoms with Crippen LogP contribution in [0.25, 0.3) is 16.7 Å². The molecule has 2 aromatic carbocycles. The van der Waals surface area contributed by atoms with E-state index in [0.29, 0.717) is 35.5 Å². The molecule has 0 saturated carbocycles. The van der Waals surface area contributed by atoms with Gasteiger partial charge in [0, 0.05) is 35.5 Å². The highest BCUT2D eigenvalue weighted by molar-refractivity contribution is 6.27. The maximum Gasteiger partial charge on any atom is 0.256 e. The maximum atomic E-state index is 15.0. The number of amides is 1. The van der Waals surface area contributed by atoms with Crippen molar-refractivity contribution in [3.63, 3.8) is 0 Å². The monoisotopic (exact) mass is 490 g/mol. The molecule has 3 heterocycles. The van der Waals surface area contributed by atoms with Gasteiger partial charge in [-0.05, 0) is 73.8 Å². The second-order valence-electron chi connectivity index (χ2n) is 9.33. The highest BCUT2D eigenvalue weighted by Crippen LogP contribution is 2.36. The fourth-order valence-corrected chi connectivity index (χ4v) is 4.85. The van der Waals surface area contributed by atoms with Crippen LogP contribution in [0.2, 0.25) is 0 Å². The van der Waals surface area contributed by atoms with Gasteiger partial charge in [-0.3, -0.25) is 9.69 Å². The van der Waals surface area contributed by atoms with Crippen LogP contribution >= 0.6 is 0 Å². The lowest BCUT2D eigenvalue weighted by atomic mass is 9.91. The van der Waals surface area contributed by atoms with Crippen molar-refractivity contribution in [1.29, 1.82) is 0 Å². The predicted molar refractivity (Wildman–Crippen MR) is 137 cm³/mol. The molecule has 7 nitrogen and oxygen atoms in total. The third-order valence-electron chi connectivity index (χ3n) is 6.67. The Hall–Kier alpha value is -3.85. The minimum Gasteiger partial charge on any atom is -0.381 e. The molecule has 1 saturated heterocycles. The SMILES string of the molecule is CC1=C(C(=O)Nc2cnc(N)nc2)c2cc(-c3cc(CN4CCCCC4)cc(F)c3F)ccc2NC1. The maximum absolute atomic E-state index is 15.0. The smallest absolute Gasteiger partial charge is 0.256 e. The van der Waals surface area contributed by atoms with Crippen LogP contribution in [0, 0.1) is 11.6 Å². The lowest BCUT2D eigenvalue weighted by Crippen LogP contribution is -2.29. The highest BCUT2D eigenvalue weighted by atomic mass is 19.2. The average molecular weight is 491 g/mol. The molecule has 0 atom stereocenters. The van der Waals surface area contributed by atoms with Gasteiger partial charge in [0.1, 0.15) is 0 Å². The standard InChI is InChI=1S/C27H28F2N6O/c1-16-12-31-23-6-5-18(11-21(23)24(16)26(36)34-19-13-32-27(30)33-14-19)20-9-17(10-22(28)25(20)29)15-35-7-3-2-4-8-35/h5-6,9-11,13-14,31H,2-4,7-8,12,15H2,1H3,(H,34,36)(H2,30,32,33). The molecule has 3 aromatic rings. The number of rotatable bonds is 5. The first-order valence-electron chi connectivity index (χ1n) is 12.1. The van der Waals surface area contributed by atoms with Gasteiger partial charge in [0.15, 0.2) is 11.6 Å². The summed E-state index contributed by atoms with van der Waals surface area (Å²) in [4.78, 5) is 23.3. The minimum absolute atomic E-state index is 0.108. The first-order valence-corrected chi connectivity index (χ1v) is 12.1. The van der Waals surface area contributed by atoms with Gasteiger partial charge >= 0.3 is 0 Å². The number of carbonyl (C=O) groups is 1. The van der Waals surface area contributed by atoms with Crippen molar-refractivity contribution >= 4 is 28.8 Å². The molecule has 36 heavy (non-hydrogen) atoms. The zero-order valence-electron chi connectivity index (χ0n) is 20.1. The first-order chi connectivity index (χ1) is 17.4. The van der Waals surface area contributed by atoms with Gasteiger partial charge in [-0.2, -0.15) is 0 Å². The summed E-state index contributed by atoms with van der Waals surface area (Å²) in [6.07, 6.45) is 6.30. The van der Waals surface area contributed by atoms with Gasteiger partial charge in [0.05, 0.1) is 18.1 Å². The molecule has 0 aliphatic carbocycles. The molecule has 9 heteroatoms. The summed E-state index contributed by atoms with van der Waals surface area (Å²) in [5.41, 5.74) is 10.00. The van der Waals surface area contributed by atoms with E-state index in [1.165, 1.54) is 24.9 Å². The topological polar surface area (TPSA) is 96.2 Å². The highest BCUT2D eigenvalue weighted by Gasteiger charge is 2.24. The Labute approximate surface area is 208 Å². The molecule has 1 aromatic heterocycles. The number of hydrogen-bond donors (Lipinski definition) is 3. The third kappa shape index (κ3) is 4.92. The number of nitrogen functional groups attached to an aromatic ring is 1. The molecule has 0 unspecified atom stereocenters. The summed E-state index contributed by atoms with van der Waals surface area (Å²) in [6.45, 7) is 4.84. The minimum atomic E-state index is -0.896. The summed E-state index contributed by atoms with van der Waals surface area (Å²) >= 11 is 0. The average Bonchev–Trinajstić information content (AvgIpc) is 2.87. The Bertz CT molecular complexity index is 1330. The number of halogens is 2. The van der Waals surface area contributed by atoms with Crippen LogP contribution in [0.4, 0.5) is 26.1 Å². The van der Waals surface area contributed by atoms with E-state index in [-0.39, 0.29) is 17.4 Å². The molecule has 2 aliphatic heterocycles. The zero-order valence-corrected chi connectivity index (χ0v) is 20.1. The number of fused-ring (bicyclic) bond motifs is 1. The van der Waals surface area contributed by atoms with E-state index in [2.05, 4.69) is 25.5 Å². The number of nitrogens with one attached hydrogen (secondary N) is 2. The Balaban J connectivity index is 1.48. The second-order valence-corrected chi connectivity index (χ2v) is 9.33. The molecule has 1 fully saturated rings. The van der Waals surface area contributed by atoms with E-state index in [0.717, 1.165) is 42.8 Å². The first kappa shape index (κ1) is 23.9. The van der Waals surface area contributed by atoms with E-state index in [9.17, 15) is 9.18 Å². The van der Waals surface area contributed by atoms with E-state index < -0.39 is 11.6 Å². The summed E-state index contributed by atoms with van der Waals surface area (Å²) in [6, 6.07) is 8.28. The van der Waals surface area contributed by atoms with Crippen molar-refractivity contribution in [2.75, 3.05) is 36.0 Å². The number of hydrogen-bond acceptors (Lipinski definition) is 6. The summed E-state index contributed by atoms with van der Waals surface area (Å²) in [5.74, 6) is -2.00. The van der Waals surface area contributed by atoms with Crippen molar-refractivity contribution < 1.29 is 13.6 Å². The van der Waals surface area contributed by atoms with E-state index in [4.69, 9.17) is 5.73 Å². The van der Waals surface area contributed by atoms with Crippen LogP contribution in [0.5, 0.6) is 0 Å².